The highest BCUT2D eigenvalue weighted by Crippen LogP contribution is 2.07. The number of hydrogen-bond acceptors (Lipinski definition) is 2. The Morgan fingerprint density at radius 1 is 1.62 bits per heavy atom. The van der Waals surface area contributed by atoms with E-state index in [4.69, 9.17) is 5.11 Å². The van der Waals surface area contributed by atoms with E-state index < -0.39 is 11.2 Å². The third-order valence-electron chi connectivity index (χ3n) is 0.884. The lowest BCUT2D eigenvalue weighted by molar-refractivity contribution is -0.137. The first-order chi connectivity index (χ1) is 3.55. The van der Waals surface area contributed by atoms with Crippen molar-refractivity contribution < 1.29 is 9.90 Å². The van der Waals surface area contributed by atoms with Crippen molar-refractivity contribution in [3.63, 3.8) is 0 Å². The lowest BCUT2D eigenvalue weighted by Gasteiger charge is -2.06. The Morgan fingerprint density at radius 2 is 2.00 bits per heavy atom. The lowest BCUT2D eigenvalue weighted by Crippen LogP contribution is -2.19. The van der Waals surface area contributed by atoms with Crippen LogP contribution in [0.1, 0.15) is 13.8 Å². The van der Waals surface area contributed by atoms with Crippen LogP contribution in [-0.2, 0) is 4.79 Å². The molecule has 0 spiro atoms. The number of carbonyl (C=O) groups is 1. The predicted octanol–water partition coefficient (Wildman–Crippen LogP) is 1.03. The van der Waals surface area contributed by atoms with Crippen LogP contribution in [0.25, 0.3) is 0 Å². The fourth-order valence-corrected chi connectivity index (χ4v) is 0.285. The monoisotopic (exact) mass is 134 g/mol. The first-order valence-electron chi connectivity index (χ1n) is 2.46. The summed E-state index contributed by atoms with van der Waals surface area (Å²) in [4.78, 5) is 10.1. The first kappa shape index (κ1) is 7.82. The molecule has 0 heterocycles. The standard InChI is InChI=1S/C5H10O2S/c1-3(2)4(8)5(6)7/h3-4,8H,1-2H3,(H,6,7)/t4-/m1/s1. The predicted molar refractivity (Wildman–Crippen MR) is 35.2 cm³/mol. The minimum absolute atomic E-state index is 0.107. The number of rotatable bonds is 2. The molecule has 0 aliphatic carbocycles. The number of aliphatic carboxylic acids is 1. The molecule has 2 nitrogen and oxygen atoms in total. The van der Waals surface area contributed by atoms with Gasteiger partial charge in [-0.05, 0) is 5.92 Å². The Morgan fingerprint density at radius 3 is 2.00 bits per heavy atom. The molecule has 0 saturated carbocycles. The summed E-state index contributed by atoms with van der Waals surface area (Å²) in [6, 6.07) is 0. The van der Waals surface area contributed by atoms with Crippen molar-refractivity contribution >= 4 is 18.6 Å². The van der Waals surface area contributed by atoms with Crippen LogP contribution < -0.4 is 0 Å². The van der Waals surface area contributed by atoms with Gasteiger partial charge in [-0.15, -0.1) is 0 Å². The summed E-state index contributed by atoms with van der Waals surface area (Å²) in [5.74, 6) is -0.737. The SMILES string of the molecule is CC(C)[C@@H](S)C(=O)O. The van der Waals surface area contributed by atoms with E-state index >= 15 is 0 Å². The maximum atomic E-state index is 10.1. The summed E-state index contributed by atoms with van der Waals surface area (Å²) in [5.41, 5.74) is 0. The van der Waals surface area contributed by atoms with Crippen molar-refractivity contribution in [2.75, 3.05) is 0 Å². The van der Waals surface area contributed by atoms with Gasteiger partial charge in [0.25, 0.3) is 0 Å². The molecule has 0 fully saturated rings. The molecule has 1 atom stereocenters. The van der Waals surface area contributed by atoms with Gasteiger partial charge in [0.05, 0.1) is 0 Å². The zero-order chi connectivity index (χ0) is 6.73. The average molecular weight is 134 g/mol. The van der Waals surface area contributed by atoms with Crippen molar-refractivity contribution in [1.29, 1.82) is 0 Å². The Balaban J connectivity index is 3.64. The molecule has 0 aliphatic heterocycles. The third kappa shape index (κ3) is 2.21. The molecule has 8 heavy (non-hydrogen) atoms. The van der Waals surface area contributed by atoms with Gasteiger partial charge in [-0.25, -0.2) is 0 Å². The fraction of sp³-hybridized carbons (Fsp3) is 0.800. The normalized spacial score (nSPS) is 14.0. The summed E-state index contributed by atoms with van der Waals surface area (Å²) < 4.78 is 0. The van der Waals surface area contributed by atoms with Crippen LogP contribution in [0, 0.1) is 5.92 Å². The van der Waals surface area contributed by atoms with Gasteiger partial charge in [0, 0.05) is 0 Å². The molecule has 0 aromatic heterocycles. The van der Waals surface area contributed by atoms with E-state index in [1.807, 2.05) is 13.8 Å². The molecule has 0 aromatic carbocycles. The number of thiol groups is 1. The van der Waals surface area contributed by atoms with Crippen molar-refractivity contribution in [2.24, 2.45) is 5.92 Å². The van der Waals surface area contributed by atoms with E-state index in [1.165, 1.54) is 0 Å². The van der Waals surface area contributed by atoms with Gasteiger partial charge < -0.3 is 5.11 Å². The second-order valence-electron chi connectivity index (χ2n) is 2.03. The Hall–Kier alpha value is -0.180. The fourth-order valence-electron chi connectivity index (χ4n) is 0.285. The Kier molecular flexibility index (Phi) is 2.90. The molecule has 0 aromatic rings. The van der Waals surface area contributed by atoms with E-state index in [9.17, 15) is 4.79 Å². The van der Waals surface area contributed by atoms with Crippen LogP contribution in [0.15, 0.2) is 0 Å². The van der Waals surface area contributed by atoms with Gasteiger partial charge in [-0.1, -0.05) is 13.8 Å². The van der Waals surface area contributed by atoms with Crippen LogP contribution in [0.4, 0.5) is 0 Å². The van der Waals surface area contributed by atoms with E-state index in [0.29, 0.717) is 0 Å². The molecule has 0 saturated heterocycles. The second kappa shape index (κ2) is 2.97. The topological polar surface area (TPSA) is 37.3 Å². The highest BCUT2D eigenvalue weighted by Gasteiger charge is 2.14. The van der Waals surface area contributed by atoms with Gasteiger partial charge in [0.1, 0.15) is 5.25 Å². The van der Waals surface area contributed by atoms with E-state index in [2.05, 4.69) is 12.6 Å². The Labute approximate surface area is 54.3 Å². The van der Waals surface area contributed by atoms with Crippen molar-refractivity contribution in [1.82, 2.24) is 0 Å². The van der Waals surface area contributed by atoms with E-state index in [1.54, 1.807) is 0 Å². The molecule has 1 N–H and O–H groups in total. The van der Waals surface area contributed by atoms with Crippen LogP contribution in [0.5, 0.6) is 0 Å². The highest BCUT2D eigenvalue weighted by atomic mass is 32.1. The molecule has 3 heteroatoms. The summed E-state index contributed by atoms with van der Waals surface area (Å²) in [5, 5.41) is 7.76. The molecule has 0 radical (unpaired) electrons. The van der Waals surface area contributed by atoms with Gasteiger partial charge in [-0.2, -0.15) is 12.6 Å². The molecule has 0 unspecified atom stereocenters. The van der Waals surface area contributed by atoms with Crippen LogP contribution >= 0.6 is 12.6 Å². The first-order valence-corrected chi connectivity index (χ1v) is 2.98. The van der Waals surface area contributed by atoms with Gasteiger partial charge in [0.2, 0.25) is 0 Å². The summed E-state index contributed by atoms with van der Waals surface area (Å²) in [7, 11) is 0. The van der Waals surface area contributed by atoms with E-state index in [0.717, 1.165) is 0 Å². The molecule has 0 rings (SSSR count). The maximum Gasteiger partial charge on any atom is 0.316 e. The summed E-state index contributed by atoms with van der Waals surface area (Å²) >= 11 is 3.82. The van der Waals surface area contributed by atoms with Crippen LogP contribution in [0.3, 0.4) is 0 Å². The minimum Gasteiger partial charge on any atom is -0.480 e. The highest BCUT2D eigenvalue weighted by molar-refractivity contribution is 7.81. The van der Waals surface area contributed by atoms with Gasteiger partial charge >= 0.3 is 5.97 Å². The minimum atomic E-state index is -0.844. The van der Waals surface area contributed by atoms with Gasteiger partial charge in [-0.3, -0.25) is 4.79 Å². The Bertz CT molecular complexity index is 90.4. The maximum absolute atomic E-state index is 10.1. The molecule has 0 aliphatic rings. The van der Waals surface area contributed by atoms with Gasteiger partial charge in [0.15, 0.2) is 0 Å². The molecule has 0 amide bonds. The third-order valence-corrected chi connectivity index (χ3v) is 1.70. The van der Waals surface area contributed by atoms with Crippen LogP contribution in [0.2, 0.25) is 0 Å². The van der Waals surface area contributed by atoms with E-state index in [-0.39, 0.29) is 5.92 Å². The van der Waals surface area contributed by atoms with Crippen molar-refractivity contribution in [3.8, 4) is 0 Å². The smallest absolute Gasteiger partial charge is 0.316 e. The zero-order valence-electron chi connectivity index (χ0n) is 4.96. The average Bonchev–Trinajstić information content (AvgIpc) is 1.64. The van der Waals surface area contributed by atoms with Crippen molar-refractivity contribution in [3.05, 3.63) is 0 Å². The molecule has 0 bridgehead atoms. The summed E-state index contributed by atoms with van der Waals surface area (Å²) in [6.07, 6.45) is 0. The number of carboxylic acid groups (broad SMARTS) is 1. The quantitative estimate of drug-likeness (QED) is 0.553. The van der Waals surface area contributed by atoms with Crippen molar-refractivity contribution in [2.45, 2.75) is 19.1 Å². The molecular formula is C5H10O2S. The second-order valence-corrected chi connectivity index (χ2v) is 2.58. The summed E-state index contributed by atoms with van der Waals surface area (Å²) in [6.45, 7) is 3.65. The largest absolute Gasteiger partial charge is 0.480 e. The number of carboxylic acids is 1. The molecule has 48 valence electrons. The zero-order valence-corrected chi connectivity index (χ0v) is 5.85. The number of hydrogen-bond donors (Lipinski definition) is 2. The molecular weight excluding hydrogens is 124 g/mol. The lowest BCUT2D eigenvalue weighted by atomic mass is 10.1. The van der Waals surface area contributed by atoms with Crippen LogP contribution in [-0.4, -0.2) is 16.3 Å².